The summed E-state index contributed by atoms with van der Waals surface area (Å²) in [6.45, 7) is 1.22. The van der Waals surface area contributed by atoms with Crippen LogP contribution < -0.4 is 19.5 Å². The van der Waals surface area contributed by atoms with E-state index in [2.05, 4.69) is 10.0 Å². The van der Waals surface area contributed by atoms with Gasteiger partial charge in [-0.3, -0.25) is 9.52 Å². The Morgan fingerprint density at radius 2 is 1.85 bits per heavy atom. The molecule has 10 heteroatoms. The summed E-state index contributed by atoms with van der Waals surface area (Å²) in [4.78, 5) is 16.0. The van der Waals surface area contributed by atoms with Crippen molar-refractivity contribution in [2.24, 2.45) is 0 Å². The molecule has 0 saturated carbocycles. The Morgan fingerprint density at radius 1 is 1.06 bits per heavy atom. The topological polar surface area (TPSA) is 97.0 Å². The first-order valence-corrected chi connectivity index (χ1v) is 12.7. The molecule has 0 bridgehead atoms. The molecular weight excluding hydrogens is 462 g/mol. The first kappa shape index (κ1) is 23.1. The molecule has 0 spiro atoms. The number of ether oxygens (including phenoxy) is 2. The Bertz CT molecular complexity index is 1230. The van der Waals surface area contributed by atoms with Gasteiger partial charge in [0.1, 0.15) is 13.2 Å². The Morgan fingerprint density at radius 3 is 2.58 bits per heavy atom. The van der Waals surface area contributed by atoms with E-state index in [4.69, 9.17) is 9.47 Å². The molecule has 1 aliphatic rings. The Balaban J connectivity index is 1.45. The standard InChI is InChI=1S/C23H25N3O5S2/c1-26(2)19(22-7-4-12-32-22)15-24-23(27)16-5-3-6-17(13-16)25-33(28,29)18-8-9-20-21(14-18)31-11-10-30-20/h3-9,12-14,19,25H,10-11,15H2,1-2H3,(H,24,27)/t19-/m0/s1. The van der Waals surface area contributed by atoms with Crippen molar-refractivity contribution in [2.75, 3.05) is 38.6 Å². The molecule has 0 radical (unpaired) electrons. The number of sulfonamides is 1. The lowest BCUT2D eigenvalue weighted by atomic mass is 10.1. The van der Waals surface area contributed by atoms with Crippen LogP contribution in [0.2, 0.25) is 0 Å². The SMILES string of the molecule is CN(C)[C@@H](CNC(=O)c1cccc(NS(=O)(=O)c2ccc3c(c2)OCCO3)c1)c1cccs1. The zero-order valence-electron chi connectivity index (χ0n) is 18.3. The Labute approximate surface area is 197 Å². The smallest absolute Gasteiger partial charge is 0.262 e. The number of carbonyl (C=O) groups excluding carboxylic acids is 1. The Kier molecular flexibility index (Phi) is 6.87. The Hall–Kier alpha value is -3.08. The number of benzene rings is 2. The minimum atomic E-state index is -3.88. The van der Waals surface area contributed by atoms with Crippen molar-refractivity contribution in [3.63, 3.8) is 0 Å². The van der Waals surface area contributed by atoms with Gasteiger partial charge < -0.3 is 19.7 Å². The van der Waals surface area contributed by atoms with Crippen molar-refractivity contribution in [3.8, 4) is 11.5 Å². The summed E-state index contributed by atoms with van der Waals surface area (Å²) in [5, 5.41) is 4.95. The number of hydrogen-bond acceptors (Lipinski definition) is 7. The largest absolute Gasteiger partial charge is 0.486 e. The number of carbonyl (C=O) groups is 1. The number of anilines is 1. The molecule has 0 fully saturated rings. The van der Waals surface area contributed by atoms with Gasteiger partial charge in [0, 0.05) is 28.7 Å². The van der Waals surface area contributed by atoms with E-state index in [1.807, 2.05) is 36.5 Å². The van der Waals surface area contributed by atoms with E-state index in [1.165, 1.54) is 18.2 Å². The highest BCUT2D eigenvalue weighted by atomic mass is 32.2. The molecule has 174 valence electrons. The average molecular weight is 488 g/mol. The van der Waals surface area contributed by atoms with Crippen LogP contribution in [-0.4, -0.2) is 53.1 Å². The summed E-state index contributed by atoms with van der Waals surface area (Å²) in [5.41, 5.74) is 0.654. The molecule has 1 atom stereocenters. The fourth-order valence-corrected chi connectivity index (χ4v) is 5.43. The zero-order valence-corrected chi connectivity index (χ0v) is 19.9. The van der Waals surface area contributed by atoms with E-state index in [0.717, 1.165) is 4.88 Å². The third-order valence-electron chi connectivity index (χ3n) is 5.15. The van der Waals surface area contributed by atoms with Gasteiger partial charge in [0.05, 0.1) is 10.9 Å². The number of rotatable bonds is 8. The van der Waals surface area contributed by atoms with Gasteiger partial charge in [-0.1, -0.05) is 12.1 Å². The van der Waals surface area contributed by atoms with Crippen molar-refractivity contribution in [1.29, 1.82) is 0 Å². The third kappa shape index (κ3) is 5.47. The lowest BCUT2D eigenvalue weighted by molar-refractivity contribution is 0.0942. The number of likely N-dealkylation sites (N-methyl/N-ethyl adjacent to an activating group) is 1. The van der Waals surface area contributed by atoms with E-state index in [1.54, 1.807) is 35.6 Å². The molecule has 2 heterocycles. The van der Waals surface area contributed by atoms with Crippen molar-refractivity contribution in [1.82, 2.24) is 10.2 Å². The maximum Gasteiger partial charge on any atom is 0.262 e. The normalized spacial score (nSPS) is 14.0. The molecular formula is C23H25N3O5S2. The third-order valence-corrected chi connectivity index (χ3v) is 7.50. The predicted molar refractivity (Wildman–Crippen MR) is 128 cm³/mol. The molecule has 1 aliphatic heterocycles. The summed E-state index contributed by atoms with van der Waals surface area (Å²) < 4.78 is 39.2. The first-order valence-electron chi connectivity index (χ1n) is 10.3. The van der Waals surface area contributed by atoms with Gasteiger partial charge in [-0.15, -0.1) is 11.3 Å². The minimum absolute atomic E-state index is 0.0471. The molecule has 0 aliphatic carbocycles. The van der Waals surface area contributed by atoms with Gasteiger partial charge in [-0.2, -0.15) is 0 Å². The summed E-state index contributed by atoms with van der Waals surface area (Å²) in [6.07, 6.45) is 0. The quantitative estimate of drug-likeness (QED) is 0.506. The van der Waals surface area contributed by atoms with Gasteiger partial charge in [-0.05, 0) is 55.9 Å². The van der Waals surface area contributed by atoms with Gasteiger partial charge in [0.15, 0.2) is 11.5 Å². The molecule has 1 amide bonds. The molecule has 1 aromatic heterocycles. The van der Waals surface area contributed by atoms with E-state index < -0.39 is 10.0 Å². The number of nitrogens with one attached hydrogen (secondary N) is 2. The van der Waals surface area contributed by atoms with Gasteiger partial charge in [0.2, 0.25) is 0 Å². The predicted octanol–water partition coefficient (Wildman–Crippen LogP) is 3.35. The molecule has 0 saturated heterocycles. The van der Waals surface area contributed by atoms with Crippen LogP contribution in [0.1, 0.15) is 21.3 Å². The number of hydrogen-bond donors (Lipinski definition) is 2. The van der Waals surface area contributed by atoms with Crippen LogP contribution in [0.4, 0.5) is 5.69 Å². The monoisotopic (exact) mass is 487 g/mol. The second-order valence-corrected chi connectivity index (χ2v) is 10.4. The fourth-order valence-electron chi connectivity index (χ4n) is 3.44. The number of amides is 1. The fraction of sp³-hybridized carbons (Fsp3) is 0.261. The molecule has 4 rings (SSSR count). The number of fused-ring (bicyclic) bond motifs is 1. The highest BCUT2D eigenvalue weighted by molar-refractivity contribution is 7.92. The second kappa shape index (κ2) is 9.82. The summed E-state index contributed by atoms with van der Waals surface area (Å²) >= 11 is 1.64. The molecule has 2 N–H and O–H groups in total. The number of nitrogens with zero attached hydrogens (tertiary/aromatic N) is 1. The highest BCUT2D eigenvalue weighted by Crippen LogP contribution is 2.32. The number of thiophene rings is 1. The second-order valence-electron chi connectivity index (χ2n) is 7.70. The molecule has 8 nitrogen and oxygen atoms in total. The first-order chi connectivity index (χ1) is 15.8. The molecule has 2 aromatic carbocycles. The summed E-state index contributed by atoms with van der Waals surface area (Å²) in [6, 6.07) is 14.9. The van der Waals surface area contributed by atoms with Crippen molar-refractivity contribution in [2.45, 2.75) is 10.9 Å². The van der Waals surface area contributed by atoms with Crippen LogP contribution in [0.15, 0.2) is 64.9 Å². The zero-order chi connectivity index (χ0) is 23.4. The highest BCUT2D eigenvalue weighted by Gasteiger charge is 2.21. The lowest BCUT2D eigenvalue weighted by Crippen LogP contribution is -2.34. The summed E-state index contributed by atoms with van der Waals surface area (Å²) in [5.74, 6) is 0.620. The van der Waals surface area contributed by atoms with Crippen LogP contribution in [0, 0.1) is 0 Å². The van der Waals surface area contributed by atoms with Crippen LogP contribution in [0.25, 0.3) is 0 Å². The molecule has 0 unspecified atom stereocenters. The van der Waals surface area contributed by atoms with Crippen LogP contribution in [-0.2, 0) is 10.0 Å². The maximum atomic E-state index is 12.9. The lowest BCUT2D eigenvalue weighted by Gasteiger charge is -2.23. The average Bonchev–Trinajstić information content (AvgIpc) is 3.33. The van der Waals surface area contributed by atoms with E-state index in [9.17, 15) is 13.2 Å². The van der Waals surface area contributed by atoms with E-state index in [0.29, 0.717) is 42.5 Å². The van der Waals surface area contributed by atoms with Crippen LogP contribution >= 0.6 is 11.3 Å². The maximum absolute atomic E-state index is 12.9. The van der Waals surface area contributed by atoms with Crippen LogP contribution in [0.3, 0.4) is 0 Å². The molecule has 3 aromatic rings. The minimum Gasteiger partial charge on any atom is -0.486 e. The summed E-state index contributed by atoms with van der Waals surface area (Å²) in [7, 11) is 0.0458. The van der Waals surface area contributed by atoms with Gasteiger partial charge >= 0.3 is 0 Å². The molecule has 33 heavy (non-hydrogen) atoms. The van der Waals surface area contributed by atoms with Crippen molar-refractivity contribution >= 4 is 33.0 Å². The van der Waals surface area contributed by atoms with Crippen LogP contribution in [0.5, 0.6) is 11.5 Å². The van der Waals surface area contributed by atoms with Gasteiger partial charge in [0.25, 0.3) is 15.9 Å². The van der Waals surface area contributed by atoms with Crippen molar-refractivity contribution in [3.05, 3.63) is 70.4 Å². The van der Waals surface area contributed by atoms with Gasteiger partial charge in [-0.25, -0.2) is 8.42 Å². The van der Waals surface area contributed by atoms with Crippen molar-refractivity contribution < 1.29 is 22.7 Å². The van der Waals surface area contributed by atoms with E-state index in [-0.39, 0.29) is 16.8 Å². The van der Waals surface area contributed by atoms with E-state index >= 15 is 0 Å².